The monoisotopic (exact) mass is 716 g/mol. The molecule has 0 fully saturated rings. The second kappa shape index (κ2) is 20.0. The summed E-state index contributed by atoms with van der Waals surface area (Å²) < 4.78 is 16.7. The van der Waals surface area contributed by atoms with Gasteiger partial charge in [0.15, 0.2) is 0 Å². The molecule has 12 nitrogen and oxygen atoms in total. The maximum atomic E-state index is 14.1. The first-order chi connectivity index (χ1) is 24.6. The number of ether oxygens (including phenoxy) is 3. The van der Waals surface area contributed by atoms with Gasteiger partial charge in [0.25, 0.3) is 0 Å². The summed E-state index contributed by atoms with van der Waals surface area (Å²) in [6, 6.07) is 24.1. The van der Waals surface area contributed by atoms with Gasteiger partial charge in [-0.05, 0) is 56.2 Å². The van der Waals surface area contributed by atoms with E-state index in [0.29, 0.717) is 17.5 Å². The van der Waals surface area contributed by atoms with Crippen LogP contribution in [-0.4, -0.2) is 77.1 Å². The number of likely N-dealkylation sites (N-methyl/N-ethyl adjacent to an activating group) is 1. The minimum Gasteiger partial charge on any atom is -0.459 e. The first-order valence-electron chi connectivity index (χ1n) is 17.4. The summed E-state index contributed by atoms with van der Waals surface area (Å²) in [5, 5.41) is 3.15. The van der Waals surface area contributed by atoms with Crippen molar-refractivity contribution in [1.82, 2.24) is 15.1 Å². The van der Waals surface area contributed by atoms with Crippen LogP contribution in [0.4, 0.5) is 9.59 Å². The second-order valence-corrected chi connectivity index (χ2v) is 14.0. The van der Waals surface area contributed by atoms with E-state index in [1.54, 1.807) is 69.3 Å². The van der Waals surface area contributed by atoms with Gasteiger partial charge in [-0.25, -0.2) is 14.5 Å². The van der Waals surface area contributed by atoms with E-state index in [1.807, 2.05) is 56.3 Å². The fourth-order valence-electron chi connectivity index (χ4n) is 5.37. The SMILES string of the molecule is CC(C)C[C@H](N[C@H](CCN(C(=O)OCc1ccccc1)C(=O)OCc1ccccc1)C(=O)OC(C)(C)C)C(=O)N(C)[C@@H](Cc1ccccc1)C(N)=O. The highest BCUT2D eigenvalue weighted by atomic mass is 16.6. The highest BCUT2D eigenvalue weighted by Gasteiger charge is 2.36. The van der Waals surface area contributed by atoms with E-state index >= 15 is 0 Å². The summed E-state index contributed by atoms with van der Waals surface area (Å²) in [5.41, 5.74) is 7.14. The molecule has 0 aliphatic rings. The van der Waals surface area contributed by atoms with Crippen molar-refractivity contribution in [3.05, 3.63) is 108 Å². The Bertz CT molecular complexity index is 1540. The molecule has 3 rings (SSSR count). The number of nitrogens with zero attached hydrogens (tertiary/aromatic N) is 2. The number of hydrogen-bond donors (Lipinski definition) is 2. The van der Waals surface area contributed by atoms with E-state index in [0.717, 1.165) is 10.5 Å². The van der Waals surface area contributed by atoms with E-state index in [-0.39, 0.29) is 38.5 Å². The quantitative estimate of drug-likeness (QED) is 0.134. The Morgan fingerprint density at radius 2 is 1.19 bits per heavy atom. The highest BCUT2D eigenvalue weighted by Crippen LogP contribution is 2.17. The van der Waals surface area contributed by atoms with Crippen LogP contribution in [0.1, 0.15) is 64.2 Å². The van der Waals surface area contributed by atoms with Crippen LogP contribution in [0.5, 0.6) is 0 Å². The van der Waals surface area contributed by atoms with Crippen LogP contribution in [0.25, 0.3) is 0 Å². The number of imide groups is 1. The number of nitrogens with one attached hydrogen (secondary N) is 1. The Labute approximate surface area is 306 Å². The van der Waals surface area contributed by atoms with Crippen molar-refractivity contribution >= 4 is 30.0 Å². The molecular formula is C40H52N4O8. The first kappa shape index (κ1) is 41.2. The molecule has 280 valence electrons. The lowest BCUT2D eigenvalue weighted by Gasteiger charge is -2.33. The fraction of sp³-hybridized carbons (Fsp3) is 0.425. The lowest BCUT2D eigenvalue weighted by atomic mass is 9.98. The van der Waals surface area contributed by atoms with Crippen LogP contribution in [0.15, 0.2) is 91.0 Å². The first-order valence-corrected chi connectivity index (χ1v) is 17.4. The summed E-state index contributed by atoms with van der Waals surface area (Å²) in [6.45, 7) is 8.47. The Hall–Kier alpha value is -5.23. The third-order valence-corrected chi connectivity index (χ3v) is 8.01. The van der Waals surface area contributed by atoms with Crippen LogP contribution < -0.4 is 11.1 Å². The van der Waals surface area contributed by atoms with Gasteiger partial charge in [0.2, 0.25) is 11.8 Å². The summed E-state index contributed by atoms with van der Waals surface area (Å²) in [6.07, 6.45) is -1.59. The predicted molar refractivity (Wildman–Crippen MR) is 196 cm³/mol. The molecular weight excluding hydrogens is 664 g/mol. The maximum Gasteiger partial charge on any atom is 0.419 e. The normalized spacial score (nSPS) is 13.0. The Morgan fingerprint density at radius 1 is 0.731 bits per heavy atom. The number of esters is 1. The molecule has 3 aromatic carbocycles. The van der Waals surface area contributed by atoms with Gasteiger partial charge < -0.3 is 24.8 Å². The van der Waals surface area contributed by atoms with Gasteiger partial charge in [0.05, 0.1) is 6.04 Å². The van der Waals surface area contributed by atoms with Crippen LogP contribution in [0.3, 0.4) is 0 Å². The predicted octanol–water partition coefficient (Wildman–Crippen LogP) is 5.62. The van der Waals surface area contributed by atoms with Gasteiger partial charge in [-0.3, -0.25) is 19.7 Å². The molecule has 0 unspecified atom stereocenters. The second-order valence-electron chi connectivity index (χ2n) is 14.0. The van der Waals surface area contributed by atoms with Crippen molar-refractivity contribution in [3.8, 4) is 0 Å². The van der Waals surface area contributed by atoms with E-state index in [2.05, 4.69) is 5.32 Å². The highest BCUT2D eigenvalue weighted by molar-refractivity contribution is 5.90. The number of nitrogens with two attached hydrogens (primary N) is 1. The zero-order valence-corrected chi connectivity index (χ0v) is 31.0. The molecule has 0 saturated carbocycles. The number of amides is 4. The third kappa shape index (κ3) is 13.8. The minimum absolute atomic E-state index is 0.00675. The summed E-state index contributed by atoms with van der Waals surface area (Å²) in [5.74, 6) is -1.83. The average molecular weight is 717 g/mol. The molecule has 0 aromatic heterocycles. The molecule has 0 aliphatic heterocycles. The Kier molecular flexibility index (Phi) is 15.8. The van der Waals surface area contributed by atoms with Crippen LogP contribution in [0.2, 0.25) is 0 Å². The molecule has 4 amide bonds. The van der Waals surface area contributed by atoms with Crippen molar-refractivity contribution in [2.45, 2.75) is 90.8 Å². The molecule has 0 saturated heterocycles. The van der Waals surface area contributed by atoms with Gasteiger partial charge in [0, 0.05) is 20.0 Å². The van der Waals surface area contributed by atoms with Gasteiger partial charge in [0.1, 0.15) is 30.9 Å². The standard InChI is InChI=1S/C40H52N4O8/c1-28(2)24-33(36(46)43(6)34(35(41)45)25-29-16-10-7-11-17-29)42-32(37(47)52-40(3,4)5)22-23-44(38(48)50-26-30-18-12-8-13-19-30)39(49)51-27-31-20-14-9-15-21-31/h7-21,28,32-34,42H,22-27H2,1-6H3,(H2,41,45)/t32-,33+,34+/m1/s1. The van der Waals surface area contributed by atoms with E-state index < -0.39 is 53.7 Å². The van der Waals surface area contributed by atoms with Crippen molar-refractivity contribution in [3.63, 3.8) is 0 Å². The van der Waals surface area contributed by atoms with E-state index in [1.165, 1.54) is 11.9 Å². The van der Waals surface area contributed by atoms with E-state index in [9.17, 15) is 24.0 Å². The summed E-state index contributed by atoms with van der Waals surface area (Å²) in [4.78, 5) is 69.3. The Morgan fingerprint density at radius 3 is 1.62 bits per heavy atom. The summed E-state index contributed by atoms with van der Waals surface area (Å²) >= 11 is 0. The largest absolute Gasteiger partial charge is 0.459 e. The number of rotatable bonds is 17. The van der Waals surface area contributed by atoms with Crippen LogP contribution in [0, 0.1) is 5.92 Å². The van der Waals surface area contributed by atoms with Crippen molar-refractivity contribution in [2.75, 3.05) is 13.6 Å². The van der Waals surface area contributed by atoms with Crippen molar-refractivity contribution in [1.29, 1.82) is 0 Å². The van der Waals surface area contributed by atoms with E-state index in [4.69, 9.17) is 19.9 Å². The van der Waals surface area contributed by atoms with Crippen molar-refractivity contribution < 1.29 is 38.2 Å². The zero-order valence-electron chi connectivity index (χ0n) is 31.0. The molecule has 0 heterocycles. The van der Waals surface area contributed by atoms with Gasteiger partial charge in [-0.2, -0.15) is 0 Å². The molecule has 0 radical (unpaired) electrons. The number of carbonyl (C=O) groups is 5. The summed E-state index contributed by atoms with van der Waals surface area (Å²) in [7, 11) is 1.51. The fourth-order valence-corrected chi connectivity index (χ4v) is 5.37. The lowest BCUT2D eigenvalue weighted by molar-refractivity contribution is -0.158. The smallest absolute Gasteiger partial charge is 0.419 e. The number of benzene rings is 3. The van der Waals surface area contributed by atoms with Gasteiger partial charge in [-0.1, -0.05) is 105 Å². The Balaban J connectivity index is 1.87. The molecule has 0 spiro atoms. The zero-order chi connectivity index (χ0) is 38.3. The molecule has 12 heteroatoms. The average Bonchev–Trinajstić information content (AvgIpc) is 3.10. The van der Waals surface area contributed by atoms with Gasteiger partial charge in [-0.15, -0.1) is 0 Å². The lowest BCUT2D eigenvalue weighted by Crippen LogP contribution is -2.57. The third-order valence-electron chi connectivity index (χ3n) is 8.01. The van der Waals surface area contributed by atoms with Crippen LogP contribution in [-0.2, 0) is 48.2 Å². The van der Waals surface area contributed by atoms with Crippen LogP contribution >= 0.6 is 0 Å². The molecule has 52 heavy (non-hydrogen) atoms. The number of hydrogen-bond acceptors (Lipinski definition) is 9. The molecule has 3 aromatic rings. The van der Waals surface area contributed by atoms with Crippen molar-refractivity contribution in [2.24, 2.45) is 11.7 Å². The number of carbonyl (C=O) groups excluding carboxylic acids is 5. The molecule has 0 bridgehead atoms. The molecule has 3 N–H and O–H groups in total. The maximum absolute atomic E-state index is 14.1. The van der Waals surface area contributed by atoms with Gasteiger partial charge >= 0.3 is 18.2 Å². The topological polar surface area (TPSA) is 158 Å². The minimum atomic E-state index is -1.16. The molecule has 0 aliphatic carbocycles. The molecule has 3 atom stereocenters. The number of primary amides is 1.